The molecule has 2 aliphatic heterocycles. The number of phenolic OH excluding ortho intramolecular Hbond substituents is 2. The minimum Gasteiger partial charge on any atom is -0.508 e. The first kappa shape index (κ1) is 25.1. The number of piperidine rings is 1. The molecule has 5 aromatic carbocycles. The smallest absolute Gasteiger partial charge is 0.217 e. The van der Waals surface area contributed by atoms with E-state index in [4.69, 9.17) is 9.73 Å². The molecule has 41 heavy (non-hydrogen) atoms. The molecular formula is C36H30N2O3. The summed E-state index contributed by atoms with van der Waals surface area (Å²) < 4.78 is 7.18. The Labute approximate surface area is 239 Å². The fraction of sp³-hybridized carbons (Fsp3) is 0.139. The van der Waals surface area contributed by atoms with Crippen LogP contribution in [0.15, 0.2) is 138 Å². The third-order valence-electron chi connectivity index (χ3n) is 8.38. The van der Waals surface area contributed by atoms with E-state index in [9.17, 15) is 10.2 Å². The molecule has 2 heterocycles. The maximum Gasteiger partial charge on any atom is 0.217 e. The third-order valence-corrected chi connectivity index (χ3v) is 8.38. The Morgan fingerprint density at radius 1 is 0.585 bits per heavy atom. The Hall–Kier alpha value is -4.87. The van der Waals surface area contributed by atoms with Gasteiger partial charge in [-0.2, -0.15) is 0 Å². The highest BCUT2D eigenvalue weighted by molar-refractivity contribution is 5.83. The molecule has 0 aliphatic carbocycles. The van der Waals surface area contributed by atoms with Crippen LogP contribution in [0.25, 0.3) is 0 Å². The molecule has 0 radical (unpaired) electrons. The fourth-order valence-electron chi connectivity index (χ4n) is 6.62. The van der Waals surface area contributed by atoms with E-state index in [1.807, 2.05) is 84.9 Å². The zero-order valence-corrected chi connectivity index (χ0v) is 22.3. The lowest BCUT2D eigenvalue weighted by molar-refractivity contribution is -0.0519. The molecule has 2 aliphatic rings. The van der Waals surface area contributed by atoms with E-state index in [-0.39, 0.29) is 35.4 Å². The molecule has 0 aromatic heterocycles. The fourth-order valence-corrected chi connectivity index (χ4v) is 6.62. The third kappa shape index (κ3) is 4.26. The molecule has 0 unspecified atom stereocenters. The number of rotatable bonds is 5. The highest BCUT2D eigenvalue weighted by Gasteiger charge is 2.62. The van der Waals surface area contributed by atoms with Crippen LogP contribution in [0.5, 0.6) is 17.2 Å². The van der Waals surface area contributed by atoms with Gasteiger partial charge < -0.3 is 20.3 Å². The van der Waals surface area contributed by atoms with Gasteiger partial charge in [-0.1, -0.05) is 109 Å². The van der Waals surface area contributed by atoms with Crippen LogP contribution < -0.4 is 10.1 Å². The Bertz CT molecular complexity index is 1700. The van der Waals surface area contributed by atoms with E-state index in [2.05, 4.69) is 35.6 Å². The van der Waals surface area contributed by atoms with E-state index in [0.717, 1.165) is 28.0 Å². The van der Waals surface area contributed by atoms with Crippen LogP contribution in [0.1, 0.15) is 51.7 Å². The molecule has 202 valence electrons. The number of nitrogens with zero attached hydrogens (tertiary/aromatic N) is 1. The first-order valence-electron chi connectivity index (χ1n) is 13.9. The number of aromatic hydroxyl groups is 2. The highest BCUT2D eigenvalue weighted by Crippen LogP contribution is 2.62. The Morgan fingerprint density at radius 3 is 1.73 bits per heavy atom. The molecule has 2 bridgehead atoms. The lowest BCUT2D eigenvalue weighted by atomic mass is 9.63. The molecule has 3 N–H and O–H groups in total. The zero-order valence-electron chi connectivity index (χ0n) is 22.3. The number of hydrogen-bond acceptors (Lipinski definition) is 5. The number of para-hydroxylation sites is 3. The lowest BCUT2D eigenvalue weighted by Gasteiger charge is -2.57. The molecule has 5 nitrogen and oxygen atoms in total. The second-order valence-electron chi connectivity index (χ2n) is 10.7. The topological polar surface area (TPSA) is 74.1 Å². The normalized spacial score (nSPS) is 24.9. The Kier molecular flexibility index (Phi) is 6.29. The number of benzene rings is 5. The van der Waals surface area contributed by atoms with Gasteiger partial charge in [0, 0.05) is 35.0 Å². The van der Waals surface area contributed by atoms with Crippen molar-refractivity contribution >= 4 is 6.21 Å². The largest absolute Gasteiger partial charge is 0.508 e. The average molecular weight is 539 g/mol. The Morgan fingerprint density at radius 2 is 1.10 bits per heavy atom. The van der Waals surface area contributed by atoms with Crippen LogP contribution in [0, 0.1) is 0 Å². The molecule has 0 saturated carbocycles. The van der Waals surface area contributed by atoms with Crippen molar-refractivity contribution in [3.05, 3.63) is 161 Å². The minimum absolute atomic E-state index is 0.152. The van der Waals surface area contributed by atoms with Crippen LogP contribution in [0.2, 0.25) is 0 Å². The number of hydrogen-bond donors (Lipinski definition) is 3. The zero-order chi connectivity index (χ0) is 27.8. The van der Waals surface area contributed by atoms with Gasteiger partial charge >= 0.3 is 0 Å². The molecular weight excluding hydrogens is 508 g/mol. The van der Waals surface area contributed by atoms with Gasteiger partial charge in [0.2, 0.25) is 5.72 Å². The summed E-state index contributed by atoms with van der Waals surface area (Å²) in [4.78, 5) is 5.36. The van der Waals surface area contributed by atoms with Gasteiger partial charge in [0.15, 0.2) is 0 Å². The van der Waals surface area contributed by atoms with Crippen molar-refractivity contribution in [3.63, 3.8) is 0 Å². The molecule has 1 fully saturated rings. The maximum absolute atomic E-state index is 11.1. The summed E-state index contributed by atoms with van der Waals surface area (Å²) in [5.74, 6) is 0.555. The second-order valence-corrected chi connectivity index (χ2v) is 10.7. The van der Waals surface area contributed by atoms with E-state index in [0.29, 0.717) is 5.56 Å². The van der Waals surface area contributed by atoms with Crippen molar-refractivity contribution < 1.29 is 14.9 Å². The first-order valence-corrected chi connectivity index (χ1v) is 13.9. The average Bonchev–Trinajstić information content (AvgIpc) is 3.01. The summed E-state index contributed by atoms with van der Waals surface area (Å²) in [6.45, 7) is 0. The van der Waals surface area contributed by atoms with Gasteiger partial charge in [0.05, 0.1) is 11.8 Å². The van der Waals surface area contributed by atoms with E-state index in [1.165, 1.54) is 0 Å². The van der Waals surface area contributed by atoms with E-state index < -0.39 is 5.72 Å². The molecule has 1 saturated heterocycles. The minimum atomic E-state index is -1.14. The van der Waals surface area contributed by atoms with Gasteiger partial charge in [-0.25, -0.2) is 4.99 Å². The van der Waals surface area contributed by atoms with Crippen LogP contribution in [0.3, 0.4) is 0 Å². The highest BCUT2D eigenvalue weighted by atomic mass is 16.5. The van der Waals surface area contributed by atoms with Crippen molar-refractivity contribution in [2.75, 3.05) is 0 Å². The maximum atomic E-state index is 11.1. The predicted molar refractivity (Wildman–Crippen MR) is 161 cm³/mol. The summed E-state index contributed by atoms with van der Waals surface area (Å²) in [6.07, 6.45) is 1.74. The molecule has 7 rings (SSSR count). The van der Waals surface area contributed by atoms with Gasteiger partial charge in [-0.3, -0.25) is 0 Å². The number of ether oxygens (including phenoxy) is 1. The van der Waals surface area contributed by atoms with Crippen molar-refractivity contribution in [2.24, 2.45) is 4.99 Å². The van der Waals surface area contributed by atoms with Crippen molar-refractivity contribution in [1.82, 2.24) is 5.32 Å². The van der Waals surface area contributed by atoms with Crippen LogP contribution in [-0.2, 0) is 0 Å². The monoisotopic (exact) mass is 538 g/mol. The summed E-state index contributed by atoms with van der Waals surface area (Å²) in [6, 6.07) is 42.9. The molecule has 5 heteroatoms. The number of fused-ring (bicyclic) bond motifs is 4. The molecule has 0 amide bonds. The second kappa shape index (κ2) is 10.3. The summed E-state index contributed by atoms with van der Waals surface area (Å²) >= 11 is 0. The van der Waals surface area contributed by atoms with Crippen molar-refractivity contribution in [1.29, 1.82) is 0 Å². The summed E-state index contributed by atoms with van der Waals surface area (Å²) in [5.41, 5.74) is 3.41. The van der Waals surface area contributed by atoms with Gasteiger partial charge in [0.25, 0.3) is 0 Å². The number of nitrogens with one attached hydrogen (secondary N) is 1. The number of aliphatic imine (C=N–C) groups is 1. The summed E-state index contributed by atoms with van der Waals surface area (Å²) in [7, 11) is 0. The van der Waals surface area contributed by atoms with E-state index >= 15 is 0 Å². The SMILES string of the molecule is Oc1ccccc1/C=N/[C@@]12Oc3ccccc3[C@@H](N[C@H](c3ccccc3O)[C@H]1c1ccccc1)[C@@H]2c1ccccc1. The van der Waals surface area contributed by atoms with Gasteiger partial charge in [0.1, 0.15) is 17.2 Å². The van der Waals surface area contributed by atoms with Crippen LogP contribution in [-0.4, -0.2) is 22.2 Å². The lowest BCUT2D eigenvalue weighted by Crippen LogP contribution is -2.61. The van der Waals surface area contributed by atoms with Crippen molar-refractivity contribution in [3.8, 4) is 17.2 Å². The quantitative estimate of drug-likeness (QED) is 0.206. The molecule has 5 aromatic rings. The van der Waals surface area contributed by atoms with Gasteiger partial charge in [-0.05, 0) is 35.4 Å². The van der Waals surface area contributed by atoms with Crippen LogP contribution >= 0.6 is 0 Å². The molecule has 5 atom stereocenters. The number of phenols is 2. The summed E-state index contributed by atoms with van der Waals surface area (Å²) in [5, 5.41) is 25.8. The Balaban J connectivity index is 1.55. The first-order chi connectivity index (χ1) is 20.2. The molecule has 0 spiro atoms. The van der Waals surface area contributed by atoms with Crippen molar-refractivity contribution in [2.45, 2.75) is 29.6 Å². The van der Waals surface area contributed by atoms with Gasteiger partial charge in [-0.15, -0.1) is 0 Å². The van der Waals surface area contributed by atoms with E-state index in [1.54, 1.807) is 24.4 Å². The standard InChI is InChI=1S/C36H30N2O3/c39-29-20-10-7-17-26(29)23-37-36-32(24-13-3-1-4-14-24)34(27-18-8-11-21-30(27)40)38-35(28-19-9-12-22-31(28)41-36)33(36)25-15-5-2-6-16-25/h1-23,32-35,38-40H/b37-23+/t32-,33+,34-,35-,36-/m1/s1. The predicted octanol–water partition coefficient (Wildman–Crippen LogP) is 7.26. The van der Waals surface area contributed by atoms with Crippen LogP contribution in [0.4, 0.5) is 0 Å².